The van der Waals surface area contributed by atoms with Crippen molar-refractivity contribution in [2.24, 2.45) is 0 Å². The zero-order valence-electron chi connectivity index (χ0n) is 8.08. The second-order valence-electron chi connectivity index (χ2n) is 3.65. The number of nitrogens with two attached hydrogens (primary N) is 1. The van der Waals surface area contributed by atoms with Gasteiger partial charge in [0, 0.05) is 0 Å². The highest BCUT2D eigenvalue weighted by molar-refractivity contribution is 5.57. The van der Waals surface area contributed by atoms with E-state index in [0.29, 0.717) is 11.4 Å². The predicted octanol–water partition coefficient (Wildman–Crippen LogP) is 1.83. The number of hydrogen-bond acceptors (Lipinski definition) is 3. The average molecular weight is 188 g/mol. The van der Waals surface area contributed by atoms with Crippen LogP contribution in [-0.4, -0.2) is 7.11 Å². The first-order chi connectivity index (χ1) is 6.72. The number of anilines is 1. The molecule has 0 unspecified atom stereocenters. The van der Waals surface area contributed by atoms with E-state index in [2.05, 4.69) is 6.07 Å². The van der Waals surface area contributed by atoms with Crippen LogP contribution in [0, 0.1) is 11.3 Å². The molecule has 2 N–H and O–H groups in total. The summed E-state index contributed by atoms with van der Waals surface area (Å²) in [5.74, 6) is 0.669. The molecule has 1 aliphatic carbocycles. The van der Waals surface area contributed by atoms with Gasteiger partial charge >= 0.3 is 0 Å². The Balaban J connectivity index is 2.39. The van der Waals surface area contributed by atoms with Gasteiger partial charge in [-0.3, -0.25) is 0 Å². The number of ether oxygens (including phenoxy) is 1. The van der Waals surface area contributed by atoms with Crippen LogP contribution in [-0.2, 0) is 5.41 Å². The van der Waals surface area contributed by atoms with E-state index in [0.717, 1.165) is 18.4 Å². The average Bonchev–Trinajstić information content (AvgIpc) is 2.98. The van der Waals surface area contributed by atoms with Crippen molar-refractivity contribution in [3.63, 3.8) is 0 Å². The highest BCUT2D eigenvalue weighted by Crippen LogP contribution is 2.48. The summed E-state index contributed by atoms with van der Waals surface area (Å²) >= 11 is 0. The molecule has 0 aromatic heterocycles. The molecule has 14 heavy (non-hydrogen) atoms. The molecule has 1 fully saturated rings. The summed E-state index contributed by atoms with van der Waals surface area (Å²) in [5, 5.41) is 9.01. The normalized spacial score (nSPS) is 17.1. The van der Waals surface area contributed by atoms with Gasteiger partial charge in [0.15, 0.2) is 0 Å². The Hall–Kier alpha value is -1.69. The Morgan fingerprint density at radius 3 is 2.64 bits per heavy atom. The van der Waals surface area contributed by atoms with Crippen LogP contribution in [0.25, 0.3) is 0 Å². The fourth-order valence-corrected chi connectivity index (χ4v) is 1.62. The summed E-state index contributed by atoms with van der Waals surface area (Å²) < 4.78 is 5.06. The predicted molar refractivity (Wildman–Crippen MR) is 53.9 cm³/mol. The Morgan fingerprint density at radius 2 is 2.21 bits per heavy atom. The molecule has 3 nitrogen and oxygen atoms in total. The highest BCUT2D eigenvalue weighted by Gasteiger charge is 2.44. The fraction of sp³-hybridized carbons (Fsp3) is 0.364. The lowest BCUT2D eigenvalue weighted by Crippen LogP contribution is -2.04. The van der Waals surface area contributed by atoms with Gasteiger partial charge in [0.2, 0.25) is 0 Å². The van der Waals surface area contributed by atoms with Gasteiger partial charge in [-0.2, -0.15) is 5.26 Å². The van der Waals surface area contributed by atoms with Crippen LogP contribution < -0.4 is 10.5 Å². The molecule has 0 aliphatic heterocycles. The minimum atomic E-state index is -0.264. The quantitative estimate of drug-likeness (QED) is 0.720. The first-order valence-electron chi connectivity index (χ1n) is 4.57. The van der Waals surface area contributed by atoms with Gasteiger partial charge in [-0.05, 0) is 30.5 Å². The molecule has 0 heterocycles. The molecule has 3 heteroatoms. The number of benzene rings is 1. The van der Waals surface area contributed by atoms with Gasteiger partial charge in [-0.25, -0.2) is 0 Å². The van der Waals surface area contributed by atoms with E-state index < -0.39 is 0 Å². The van der Waals surface area contributed by atoms with E-state index in [1.54, 1.807) is 7.11 Å². The van der Waals surface area contributed by atoms with Crippen molar-refractivity contribution in [3.05, 3.63) is 23.8 Å². The van der Waals surface area contributed by atoms with Crippen molar-refractivity contribution >= 4 is 5.69 Å². The van der Waals surface area contributed by atoms with Crippen molar-refractivity contribution in [2.45, 2.75) is 18.3 Å². The summed E-state index contributed by atoms with van der Waals surface area (Å²) in [6.45, 7) is 0. The SMILES string of the molecule is COc1ccc(C2(C#N)CC2)cc1N. The molecule has 1 aliphatic rings. The lowest BCUT2D eigenvalue weighted by molar-refractivity contribution is 0.417. The Morgan fingerprint density at radius 1 is 1.50 bits per heavy atom. The number of nitrogens with zero attached hydrogens (tertiary/aromatic N) is 1. The zero-order chi connectivity index (χ0) is 10.2. The third kappa shape index (κ3) is 1.20. The first kappa shape index (κ1) is 8.89. The maximum absolute atomic E-state index is 9.01. The molecule has 72 valence electrons. The summed E-state index contributed by atoms with van der Waals surface area (Å²) in [5.41, 5.74) is 7.13. The van der Waals surface area contributed by atoms with Gasteiger partial charge < -0.3 is 10.5 Å². The molecule has 0 amide bonds. The van der Waals surface area contributed by atoms with Crippen molar-refractivity contribution < 1.29 is 4.74 Å². The van der Waals surface area contributed by atoms with Crippen molar-refractivity contribution in [3.8, 4) is 11.8 Å². The number of rotatable bonds is 2. The van der Waals surface area contributed by atoms with Gasteiger partial charge in [-0.15, -0.1) is 0 Å². The standard InChI is InChI=1S/C11H12N2O/c1-14-10-3-2-8(6-9(10)13)11(7-12)4-5-11/h2-3,6H,4-5,13H2,1H3. The van der Waals surface area contributed by atoms with Crippen LogP contribution in [0.15, 0.2) is 18.2 Å². The molecule has 1 saturated carbocycles. The molecule has 0 radical (unpaired) electrons. The third-order valence-corrected chi connectivity index (χ3v) is 2.75. The van der Waals surface area contributed by atoms with Gasteiger partial charge in [-0.1, -0.05) is 6.07 Å². The van der Waals surface area contributed by atoms with E-state index in [4.69, 9.17) is 15.7 Å². The van der Waals surface area contributed by atoms with E-state index in [1.165, 1.54) is 0 Å². The summed E-state index contributed by atoms with van der Waals surface area (Å²) in [6.07, 6.45) is 1.88. The number of methoxy groups -OCH3 is 1. The van der Waals surface area contributed by atoms with E-state index in [-0.39, 0.29) is 5.41 Å². The van der Waals surface area contributed by atoms with Gasteiger partial charge in [0.25, 0.3) is 0 Å². The number of hydrogen-bond donors (Lipinski definition) is 1. The molecule has 1 aromatic carbocycles. The van der Waals surface area contributed by atoms with Gasteiger partial charge in [0.05, 0.1) is 24.3 Å². The largest absolute Gasteiger partial charge is 0.495 e. The smallest absolute Gasteiger partial charge is 0.141 e. The third-order valence-electron chi connectivity index (χ3n) is 2.75. The minimum Gasteiger partial charge on any atom is -0.495 e. The lowest BCUT2D eigenvalue weighted by atomic mass is 9.97. The van der Waals surface area contributed by atoms with Crippen LogP contribution in [0.5, 0.6) is 5.75 Å². The number of nitrogen functional groups attached to an aromatic ring is 1. The van der Waals surface area contributed by atoms with Crippen LogP contribution >= 0.6 is 0 Å². The molecule has 0 spiro atoms. The minimum absolute atomic E-state index is 0.264. The maximum atomic E-state index is 9.01. The first-order valence-corrected chi connectivity index (χ1v) is 4.57. The Labute approximate surface area is 83.1 Å². The molecule has 1 aromatic rings. The second kappa shape index (κ2) is 2.91. The Bertz CT molecular complexity index is 402. The van der Waals surface area contributed by atoms with Gasteiger partial charge in [0.1, 0.15) is 5.75 Å². The molecule has 0 bridgehead atoms. The maximum Gasteiger partial charge on any atom is 0.141 e. The lowest BCUT2D eigenvalue weighted by Gasteiger charge is -2.09. The highest BCUT2D eigenvalue weighted by atomic mass is 16.5. The van der Waals surface area contributed by atoms with Crippen LogP contribution in [0.3, 0.4) is 0 Å². The summed E-state index contributed by atoms with van der Waals surface area (Å²) in [4.78, 5) is 0. The summed E-state index contributed by atoms with van der Waals surface area (Å²) in [7, 11) is 1.59. The fourth-order valence-electron chi connectivity index (χ4n) is 1.62. The zero-order valence-corrected chi connectivity index (χ0v) is 8.08. The van der Waals surface area contributed by atoms with Crippen molar-refractivity contribution in [2.75, 3.05) is 12.8 Å². The molecular formula is C11H12N2O. The van der Waals surface area contributed by atoms with Crippen LogP contribution in [0.1, 0.15) is 18.4 Å². The molecule has 0 saturated heterocycles. The monoisotopic (exact) mass is 188 g/mol. The van der Waals surface area contributed by atoms with E-state index in [9.17, 15) is 0 Å². The Kier molecular flexibility index (Phi) is 1.85. The van der Waals surface area contributed by atoms with Crippen LogP contribution in [0.2, 0.25) is 0 Å². The van der Waals surface area contributed by atoms with Crippen molar-refractivity contribution in [1.29, 1.82) is 5.26 Å². The number of nitriles is 1. The van der Waals surface area contributed by atoms with Crippen molar-refractivity contribution in [1.82, 2.24) is 0 Å². The topological polar surface area (TPSA) is 59.0 Å². The molecule has 0 atom stereocenters. The van der Waals surface area contributed by atoms with E-state index in [1.807, 2.05) is 18.2 Å². The van der Waals surface area contributed by atoms with Crippen LogP contribution in [0.4, 0.5) is 5.69 Å². The summed E-state index contributed by atoms with van der Waals surface area (Å²) in [6, 6.07) is 7.92. The van der Waals surface area contributed by atoms with E-state index >= 15 is 0 Å². The molecule has 2 rings (SSSR count). The molecular weight excluding hydrogens is 176 g/mol. The second-order valence-corrected chi connectivity index (χ2v) is 3.65.